The maximum atomic E-state index is 10.4. The minimum atomic E-state index is -2.19. The second-order valence-electron chi connectivity index (χ2n) is 1.41. The first-order valence-electron chi connectivity index (χ1n) is 2.66. The van der Waals surface area contributed by atoms with Crippen molar-refractivity contribution in [3.63, 3.8) is 0 Å². The van der Waals surface area contributed by atoms with E-state index in [1.165, 1.54) is 7.11 Å². The van der Waals surface area contributed by atoms with E-state index in [9.17, 15) is 4.57 Å². The molecule has 0 aliphatic heterocycles. The summed E-state index contributed by atoms with van der Waals surface area (Å²) in [5, 5.41) is 2.84. The molecule has 1 N–H and O–H groups in total. The van der Waals surface area contributed by atoms with E-state index in [1.807, 2.05) is 0 Å². The summed E-state index contributed by atoms with van der Waals surface area (Å²) in [5.74, 6) is 0. The van der Waals surface area contributed by atoms with Gasteiger partial charge in [0.05, 0.1) is 6.61 Å². The standard InChI is InChI=1S/C4H12NO3P/c1-5-3-4-8-9(6)7-2/h5,9H,3-4H2,1-2H3. The van der Waals surface area contributed by atoms with Gasteiger partial charge in [0.15, 0.2) is 0 Å². The molecule has 0 saturated heterocycles. The van der Waals surface area contributed by atoms with Crippen LogP contribution in [0.5, 0.6) is 0 Å². The Morgan fingerprint density at radius 2 is 2.33 bits per heavy atom. The summed E-state index contributed by atoms with van der Waals surface area (Å²) in [6.07, 6.45) is 0. The molecule has 0 aromatic rings. The fraction of sp³-hybridized carbons (Fsp3) is 1.00. The molecule has 0 aromatic heterocycles. The Hall–Kier alpha value is 0.110. The lowest BCUT2D eigenvalue weighted by Crippen LogP contribution is -2.12. The Morgan fingerprint density at radius 3 is 2.78 bits per heavy atom. The minimum absolute atomic E-state index is 0.433. The van der Waals surface area contributed by atoms with E-state index in [4.69, 9.17) is 4.52 Å². The van der Waals surface area contributed by atoms with E-state index in [-0.39, 0.29) is 0 Å². The van der Waals surface area contributed by atoms with Crippen LogP contribution in [0.1, 0.15) is 0 Å². The van der Waals surface area contributed by atoms with Gasteiger partial charge in [0.2, 0.25) is 0 Å². The molecular formula is C4H12NO3P. The van der Waals surface area contributed by atoms with Crippen LogP contribution in [0.3, 0.4) is 0 Å². The number of nitrogens with one attached hydrogen (secondary N) is 1. The molecule has 0 heterocycles. The zero-order valence-corrected chi connectivity index (χ0v) is 6.64. The van der Waals surface area contributed by atoms with Gasteiger partial charge in [-0.2, -0.15) is 0 Å². The summed E-state index contributed by atoms with van der Waals surface area (Å²) in [6, 6.07) is 0. The second-order valence-corrected chi connectivity index (χ2v) is 2.60. The van der Waals surface area contributed by atoms with E-state index in [2.05, 4.69) is 9.84 Å². The van der Waals surface area contributed by atoms with Gasteiger partial charge in [-0.15, -0.1) is 0 Å². The van der Waals surface area contributed by atoms with Gasteiger partial charge in [-0.1, -0.05) is 0 Å². The Kier molecular flexibility index (Phi) is 6.31. The molecule has 4 nitrogen and oxygen atoms in total. The summed E-state index contributed by atoms with van der Waals surface area (Å²) in [6.45, 7) is 1.13. The first-order chi connectivity index (χ1) is 4.31. The van der Waals surface area contributed by atoms with Gasteiger partial charge in [0.1, 0.15) is 0 Å². The lowest BCUT2D eigenvalue weighted by molar-refractivity contribution is 0.258. The third kappa shape index (κ3) is 5.99. The van der Waals surface area contributed by atoms with E-state index in [0.29, 0.717) is 13.2 Å². The fourth-order valence-electron chi connectivity index (χ4n) is 0.295. The molecule has 0 radical (unpaired) electrons. The molecule has 0 saturated carbocycles. The summed E-state index contributed by atoms with van der Waals surface area (Å²) in [5.41, 5.74) is 0. The van der Waals surface area contributed by atoms with Crippen molar-refractivity contribution < 1.29 is 13.6 Å². The van der Waals surface area contributed by atoms with Crippen LogP contribution in [0.15, 0.2) is 0 Å². The summed E-state index contributed by atoms with van der Waals surface area (Å²) in [4.78, 5) is 0. The van der Waals surface area contributed by atoms with Crippen LogP contribution < -0.4 is 5.32 Å². The maximum absolute atomic E-state index is 10.4. The molecule has 0 amide bonds. The Morgan fingerprint density at radius 1 is 1.67 bits per heavy atom. The SMILES string of the molecule is CNCCO[PH](=O)OC. The molecule has 0 aliphatic carbocycles. The van der Waals surface area contributed by atoms with Crippen LogP contribution in [-0.4, -0.2) is 27.3 Å². The Bertz CT molecular complexity index is 87.9. The van der Waals surface area contributed by atoms with Crippen LogP contribution in [-0.2, 0) is 13.6 Å². The number of hydrogen-bond acceptors (Lipinski definition) is 4. The minimum Gasteiger partial charge on any atom is -0.317 e. The van der Waals surface area contributed by atoms with Crippen molar-refractivity contribution in [1.29, 1.82) is 0 Å². The van der Waals surface area contributed by atoms with Crippen molar-refractivity contribution in [3.8, 4) is 0 Å². The van der Waals surface area contributed by atoms with E-state index in [1.54, 1.807) is 7.05 Å². The first-order valence-corrected chi connectivity index (χ1v) is 3.89. The maximum Gasteiger partial charge on any atom is 0.318 e. The van der Waals surface area contributed by atoms with Gasteiger partial charge in [-0.05, 0) is 7.05 Å². The average Bonchev–Trinajstić information content (AvgIpc) is 1.89. The highest BCUT2D eigenvalue weighted by molar-refractivity contribution is 7.33. The van der Waals surface area contributed by atoms with Crippen LogP contribution in [0.4, 0.5) is 0 Å². The van der Waals surface area contributed by atoms with Crippen molar-refractivity contribution in [2.75, 3.05) is 27.3 Å². The normalized spacial score (nSPS) is 13.6. The van der Waals surface area contributed by atoms with Gasteiger partial charge in [0.25, 0.3) is 0 Å². The molecule has 0 spiro atoms. The van der Waals surface area contributed by atoms with Crippen molar-refractivity contribution in [1.82, 2.24) is 5.32 Å². The molecule has 1 atom stereocenters. The van der Waals surface area contributed by atoms with E-state index in [0.717, 1.165) is 0 Å². The highest BCUT2D eigenvalue weighted by atomic mass is 31.1. The molecule has 0 bridgehead atoms. The first kappa shape index (κ1) is 9.11. The molecule has 56 valence electrons. The largest absolute Gasteiger partial charge is 0.318 e. The van der Waals surface area contributed by atoms with E-state index < -0.39 is 8.25 Å². The summed E-state index contributed by atoms with van der Waals surface area (Å²) in [7, 11) is 0.969. The molecule has 0 fully saturated rings. The fourth-order valence-corrected chi connectivity index (χ4v) is 0.682. The average molecular weight is 153 g/mol. The molecule has 1 unspecified atom stereocenters. The topological polar surface area (TPSA) is 47.6 Å². The number of likely N-dealkylation sites (N-methyl/N-ethyl adjacent to an activating group) is 1. The number of hydrogen-bond donors (Lipinski definition) is 1. The third-order valence-corrected chi connectivity index (χ3v) is 1.51. The van der Waals surface area contributed by atoms with Gasteiger partial charge in [-0.25, -0.2) is 0 Å². The zero-order chi connectivity index (χ0) is 7.11. The molecule has 9 heavy (non-hydrogen) atoms. The predicted molar refractivity (Wildman–Crippen MR) is 35.9 cm³/mol. The van der Waals surface area contributed by atoms with Crippen LogP contribution in [0.2, 0.25) is 0 Å². The van der Waals surface area contributed by atoms with Crippen molar-refractivity contribution in [2.45, 2.75) is 0 Å². The molecule has 0 aliphatic rings. The Labute approximate surface area is 55.5 Å². The highest BCUT2D eigenvalue weighted by Crippen LogP contribution is 2.20. The third-order valence-electron chi connectivity index (χ3n) is 0.739. The van der Waals surface area contributed by atoms with Crippen LogP contribution in [0, 0.1) is 0 Å². The monoisotopic (exact) mass is 153 g/mol. The van der Waals surface area contributed by atoms with Gasteiger partial charge >= 0.3 is 8.25 Å². The zero-order valence-electron chi connectivity index (χ0n) is 5.64. The second kappa shape index (κ2) is 6.23. The quantitative estimate of drug-likeness (QED) is 0.454. The van der Waals surface area contributed by atoms with Crippen LogP contribution >= 0.6 is 8.25 Å². The van der Waals surface area contributed by atoms with Gasteiger partial charge in [-0.3, -0.25) is 4.57 Å². The van der Waals surface area contributed by atoms with Gasteiger partial charge in [0, 0.05) is 13.7 Å². The van der Waals surface area contributed by atoms with E-state index >= 15 is 0 Å². The predicted octanol–water partition coefficient (Wildman–Crippen LogP) is 0.258. The molecule has 5 heteroatoms. The van der Waals surface area contributed by atoms with Crippen molar-refractivity contribution >= 4 is 8.25 Å². The lowest BCUT2D eigenvalue weighted by atomic mass is 10.7. The molecule has 0 rings (SSSR count). The van der Waals surface area contributed by atoms with Crippen molar-refractivity contribution in [2.24, 2.45) is 0 Å². The molecule has 0 aromatic carbocycles. The lowest BCUT2D eigenvalue weighted by Gasteiger charge is -1.99. The number of rotatable bonds is 5. The molecular weight excluding hydrogens is 141 g/mol. The van der Waals surface area contributed by atoms with Crippen molar-refractivity contribution in [3.05, 3.63) is 0 Å². The Balaban J connectivity index is 2.97. The van der Waals surface area contributed by atoms with Crippen LogP contribution in [0.25, 0.3) is 0 Å². The summed E-state index contributed by atoms with van der Waals surface area (Å²) >= 11 is 0. The highest BCUT2D eigenvalue weighted by Gasteiger charge is 1.92. The van der Waals surface area contributed by atoms with Gasteiger partial charge < -0.3 is 14.4 Å². The smallest absolute Gasteiger partial charge is 0.317 e. The summed E-state index contributed by atoms with van der Waals surface area (Å²) < 4.78 is 19.5.